The number of benzene rings is 2. The molecule has 13 nitrogen and oxygen atoms in total. The van der Waals surface area contributed by atoms with Crippen LogP contribution in [0, 0.1) is 20.2 Å². The van der Waals surface area contributed by atoms with Crippen LogP contribution in [0.5, 0.6) is 0 Å². The second-order valence-corrected chi connectivity index (χ2v) is 4.12. The molecule has 2 aromatic carbocycles. The maximum Gasteiger partial charge on any atom is 2.00 e. The number of hydrogen-bond donors (Lipinski definition) is 0. The molecule has 0 aromatic heterocycles. The number of aromatic carboxylic acids is 2. The Kier molecular flexibility index (Phi) is 18.6. The number of hydrogen-bond acceptors (Lipinski definition) is 8. The fraction of sp³-hybridized carbons (Fsp3) is 0. The summed E-state index contributed by atoms with van der Waals surface area (Å²) in [6, 6.07) is 10.1. The standard InChI is InChI=1S/2C7H5NO4.Ba.3H2O/c2*9-7(10)5-3-1-2-4-6(5)8(11)12;;;;/h2*1-4H,(H,9,10);;3*1H2/q;;+2;;;/p-2. The van der Waals surface area contributed by atoms with Gasteiger partial charge in [0.1, 0.15) is 0 Å². The second-order valence-electron chi connectivity index (χ2n) is 4.12. The van der Waals surface area contributed by atoms with Gasteiger partial charge in [-0.15, -0.1) is 0 Å². The minimum atomic E-state index is -1.54. The molecule has 14 heteroatoms. The van der Waals surface area contributed by atoms with Gasteiger partial charge in [-0.1, -0.05) is 24.3 Å². The smallest absolute Gasteiger partial charge is 0.545 e. The van der Waals surface area contributed by atoms with Crippen molar-refractivity contribution in [1.82, 2.24) is 0 Å². The van der Waals surface area contributed by atoms with Crippen LogP contribution in [0.15, 0.2) is 48.5 Å². The summed E-state index contributed by atoms with van der Waals surface area (Å²) >= 11 is 0. The molecular weight excluding hydrogens is 509 g/mol. The Morgan fingerprint density at radius 3 is 1.07 bits per heavy atom. The maximum absolute atomic E-state index is 10.3. The van der Waals surface area contributed by atoms with E-state index in [9.17, 15) is 40.0 Å². The molecule has 0 fully saturated rings. The summed E-state index contributed by atoms with van der Waals surface area (Å²) in [5, 5.41) is 41.1. The first kappa shape index (κ1) is 33.2. The number of nitro benzene ring substituents is 2. The van der Waals surface area contributed by atoms with Gasteiger partial charge in [-0.2, -0.15) is 0 Å². The number of nitrogens with zero attached hydrogens (tertiary/aromatic N) is 2. The maximum atomic E-state index is 10.3. The molecule has 0 bridgehead atoms. The number of carboxylic acids is 2. The third-order valence-corrected chi connectivity index (χ3v) is 2.64. The van der Waals surface area contributed by atoms with E-state index in [0.717, 1.165) is 24.3 Å². The Morgan fingerprint density at radius 1 is 0.643 bits per heavy atom. The van der Waals surface area contributed by atoms with Crippen LogP contribution in [0.2, 0.25) is 0 Å². The molecule has 28 heavy (non-hydrogen) atoms. The number of carbonyl (C=O) groups is 2. The number of rotatable bonds is 4. The largest absolute Gasteiger partial charge is 2.00 e. The predicted molar refractivity (Wildman–Crippen MR) is 91.4 cm³/mol. The van der Waals surface area contributed by atoms with Gasteiger partial charge < -0.3 is 36.2 Å². The van der Waals surface area contributed by atoms with E-state index in [1.807, 2.05) is 0 Å². The molecule has 0 spiro atoms. The number of carbonyl (C=O) groups excluding carboxylic acids is 2. The SMILES string of the molecule is O.O.O.O=C([O-])c1ccccc1[N+](=O)[O-].O=C([O-])c1ccccc1[N+](=O)[O-].[Ba+2]. The molecule has 6 N–H and O–H groups in total. The fourth-order valence-corrected chi connectivity index (χ4v) is 1.61. The van der Waals surface area contributed by atoms with Gasteiger partial charge >= 0.3 is 48.9 Å². The fourth-order valence-electron chi connectivity index (χ4n) is 1.61. The van der Waals surface area contributed by atoms with Crippen molar-refractivity contribution in [2.24, 2.45) is 0 Å². The van der Waals surface area contributed by atoms with E-state index in [1.54, 1.807) is 0 Å². The first-order chi connectivity index (χ1) is 11.3. The van der Waals surface area contributed by atoms with Gasteiger partial charge in [0.15, 0.2) is 0 Å². The Balaban J connectivity index is -0.000000180. The van der Waals surface area contributed by atoms with E-state index in [2.05, 4.69) is 0 Å². The molecule has 0 unspecified atom stereocenters. The molecule has 0 atom stereocenters. The van der Waals surface area contributed by atoms with E-state index < -0.39 is 44.3 Å². The van der Waals surface area contributed by atoms with Gasteiger partial charge in [-0.05, 0) is 12.1 Å². The van der Waals surface area contributed by atoms with Crippen LogP contribution >= 0.6 is 0 Å². The van der Waals surface area contributed by atoms with Gasteiger partial charge in [0.05, 0.1) is 32.9 Å². The van der Waals surface area contributed by atoms with Crippen molar-refractivity contribution >= 4 is 72.2 Å². The zero-order valence-corrected chi connectivity index (χ0v) is 18.4. The summed E-state index contributed by atoms with van der Waals surface area (Å²) in [5.41, 5.74) is -1.69. The van der Waals surface area contributed by atoms with E-state index in [0.29, 0.717) is 0 Å². The Bertz CT molecular complexity index is 680. The summed E-state index contributed by atoms with van der Waals surface area (Å²) in [5.74, 6) is -3.08. The van der Waals surface area contributed by atoms with Gasteiger partial charge in [-0.25, -0.2) is 0 Å². The molecule has 2 rings (SSSR count). The number of para-hydroxylation sites is 2. The van der Waals surface area contributed by atoms with Gasteiger partial charge in [0.2, 0.25) is 0 Å². The predicted octanol–water partition coefficient (Wildman–Crippen LogP) is -2.94. The van der Waals surface area contributed by atoms with Gasteiger partial charge in [0, 0.05) is 12.1 Å². The van der Waals surface area contributed by atoms with Crippen LogP contribution < -0.4 is 10.2 Å². The Hall–Kier alpha value is -2.37. The Labute approximate surface area is 196 Å². The minimum Gasteiger partial charge on any atom is -0.545 e. The summed E-state index contributed by atoms with van der Waals surface area (Å²) in [6.07, 6.45) is 0. The zero-order chi connectivity index (χ0) is 18.3. The zero-order valence-electron chi connectivity index (χ0n) is 14.0. The second kappa shape index (κ2) is 15.7. The topological polar surface area (TPSA) is 261 Å². The van der Waals surface area contributed by atoms with Crippen LogP contribution in [0.4, 0.5) is 11.4 Å². The molecule has 0 aliphatic rings. The van der Waals surface area contributed by atoms with Crippen molar-refractivity contribution < 1.29 is 46.1 Å². The third-order valence-electron chi connectivity index (χ3n) is 2.64. The monoisotopic (exact) mass is 524 g/mol. The van der Waals surface area contributed by atoms with E-state index >= 15 is 0 Å². The average molecular weight is 524 g/mol. The van der Waals surface area contributed by atoms with Crippen molar-refractivity contribution in [3.05, 3.63) is 79.9 Å². The molecule has 0 saturated heterocycles. The van der Waals surface area contributed by atoms with Crippen LogP contribution in [-0.2, 0) is 0 Å². The van der Waals surface area contributed by atoms with Gasteiger partial charge in [-0.3, -0.25) is 20.2 Å². The van der Waals surface area contributed by atoms with Crippen molar-refractivity contribution in [1.29, 1.82) is 0 Å². The molecule has 148 valence electrons. The van der Waals surface area contributed by atoms with E-state index in [-0.39, 0.29) is 65.3 Å². The van der Waals surface area contributed by atoms with Crippen LogP contribution in [0.3, 0.4) is 0 Å². The molecule has 0 aliphatic carbocycles. The molecule has 0 amide bonds. The van der Waals surface area contributed by atoms with Crippen LogP contribution in [-0.4, -0.2) is 87.1 Å². The summed E-state index contributed by atoms with van der Waals surface area (Å²) in [6.45, 7) is 0. The van der Waals surface area contributed by atoms with E-state index in [1.165, 1.54) is 24.3 Å². The van der Waals surface area contributed by atoms with E-state index in [4.69, 9.17) is 0 Å². The normalized spacial score (nSPS) is 8.00. The average Bonchev–Trinajstić information content (AvgIpc) is 2.55. The van der Waals surface area contributed by atoms with Crippen LogP contribution in [0.25, 0.3) is 0 Å². The van der Waals surface area contributed by atoms with Crippen molar-refractivity contribution in [3.8, 4) is 0 Å². The first-order valence-corrected chi connectivity index (χ1v) is 6.15. The van der Waals surface area contributed by atoms with Crippen molar-refractivity contribution in [2.75, 3.05) is 0 Å². The molecule has 0 radical (unpaired) electrons. The van der Waals surface area contributed by atoms with Crippen molar-refractivity contribution in [3.63, 3.8) is 0 Å². The summed E-state index contributed by atoms with van der Waals surface area (Å²) in [7, 11) is 0. The van der Waals surface area contributed by atoms with Crippen molar-refractivity contribution in [2.45, 2.75) is 0 Å². The van der Waals surface area contributed by atoms with Gasteiger partial charge in [0.25, 0.3) is 11.4 Å². The summed E-state index contributed by atoms with van der Waals surface area (Å²) in [4.78, 5) is 39.6. The van der Waals surface area contributed by atoms with Crippen LogP contribution in [0.1, 0.15) is 20.7 Å². The quantitative estimate of drug-likeness (QED) is 0.227. The summed E-state index contributed by atoms with van der Waals surface area (Å²) < 4.78 is 0. The first-order valence-electron chi connectivity index (χ1n) is 6.15. The molecule has 0 heterocycles. The molecule has 0 aliphatic heterocycles. The Morgan fingerprint density at radius 2 is 0.893 bits per heavy atom. The third kappa shape index (κ3) is 9.53. The minimum absolute atomic E-state index is 0. The number of carboxylic acid groups (broad SMARTS) is 2. The number of nitro groups is 2. The molecule has 0 saturated carbocycles. The molecular formula is C14H14BaN2O11. The molecule has 2 aromatic rings.